The van der Waals surface area contributed by atoms with Crippen LogP contribution >= 0.6 is 27.5 Å². The Morgan fingerprint density at radius 2 is 2.00 bits per heavy atom. The van der Waals surface area contributed by atoms with E-state index in [0.29, 0.717) is 5.02 Å². The first-order chi connectivity index (χ1) is 8.06. The first-order valence-corrected chi connectivity index (χ1v) is 6.30. The number of rotatable bonds is 2. The Bertz CT molecular complexity index is 507. The van der Waals surface area contributed by atoms with Crippen molar-refractivity contribution in [1.82, 2.24) is 4.98 Å². The van der Waals surface area contributed by atoms with Crippen LogP contribution in [-0.2, 0) is 0 Å². The van der Waals surface area contributed by atoms with E-state index in [-0.39, 0.29) is 0 Å². The van der Waals surface area contributed by atoms with Gasteiger partial charge in [0.15, 0.2) is 0 Å². The minimum Gasteiger partial charge on any atom is -0.384 e. The molecule has 17 heavy (non-hydrogen) atoms. The molecule has 4 heteroatoms. The molecule has 0 spiro atoms. The van der Waals surface area contributed by atoms with E-state index in [1.54, 1.807) is 18.3 Å². The predicted octanol–water partition coefficient (Wildman–Crippen LogP) is 3.89. The Morgan fingerprint density at radius 1 is 1.24 bits per heavy atom. The van der Waals surface area contributed by atoms with Crippen molar-refractivity contribution in [3.63, 3.8) is 0 Å². The fourth-order valence-electron chi connectivity index (χ4n) is 1.57. The maximum absolute atomic E-state index is 10.2. The Morgan fingerprint density at radius 3 is 2.59 bits per heavy atom. The van der Waals surface area contributed by atoms with Crippen molar-refractivity contribution in [3.05, 3.63) is 62.8 Å². The molecule has 2 nitrogen and oxygen atoms in total. The molecule has 0 aliphatic heterocycles. The summed E-state index contributed by atoms with van der Waals surface area (Å²) in [6.07, 6.45) is 0.965. The standard InChI is InChI=1S/C13H11BrClNO/c1-8-2-3-9(7-16-8)13(17)10-4-11(14)6-12(15)5-10/h2-7,13,17H,1H3. The van der Waals surface area contributed by atoms with Crippen LogP contribution in [0.3, 0.4) is 0 Å². The molecule has 0 fully saturated rings. The van der Waals surface area contributed by atoms with Crippen LogP contribution in [0.4, 0.5) is 0 Å². The molecule has 1 unspecified atom stereocenters. The molecule has 1 N–H and O–H groups in total. The van der Waals surface area contributed by atoms with E-state index >= 15 is 0 Å². The first kappa shape index (κ1) is 12.6. The van der Waals surface area contributed by atoms with E-state index in [1.165, 1.54) is 0 Å². The van der Waals surface area contributed by atoms with Crippen LogP contribution in [0.15, 0.2) is 41.0 Å². The smallest absolute Gasteiger partial charge is 0.106 e. The molecule has 0 amide bonds. The predicted molar refractivity (Wildman–Crippen MR) is 72.2 cm³/mol. The van der Waals surface area contributed by atoms with Crippen LogP contribution in [0, 0.1) is 6.92 Å². The Hall–Kier alpha value is -0.900. The van der Waals surface area contributed by atoms with Gasteiger partial charge in [-0.3, -0.25) is 4.98 Å². The van der Waals surface area contributed by atoms with Crippen molar-refractivity contribution in [2.45, 2.75) is 13.0 Å². The molecular formula is C13H11BrClNO. The van der Waals surface area contributed by atoms with E-state index in [2.05, 4.69) is 20.9 Å². The summed E-state index contributed by atoms with van der Waals surface area (Å²) in [5.41, 5.74) is 2.42. The third-order valence-electron chi connectivity index (χ3n) is 2.45. The first-order valence-electron chi connectivity index (χ1n) is 5.13. The molecule has 1 aromatic carbocycles. The number of aliphatic hydroxyl groups is 1. The van der Waals surface area contributed by atoms with Crippen LogP contribution in [0.1, 0.15) is 22.9 Å². The van der Waals surface area contributed by atoms with Crippen molar-refractivity contribution < 1.29 is 5.11 Å². The summed E-state index contributed by atoms with van der Waals surface area (Å²) in [7, 11) is 0. The molecule has 2 rings (SSSR count). The van der Waals surface area contributed by atoms with Gasteiger partial charge in [-0.05, 0) is 36.8 Å². The normalized spacial score (nSPS) is 12.5. The van der Waals surface area contributed by atoms with Crippen LogP contribution in [-0.4, -0.2) is 10.1 Å². The second kappa shape index (κ2) is 5.17. The molecule has 88 valence electrons. The third kappa shape index (κ3) is 3.06. The minimum absolute atomic E-state index is 0.591. The number of hydrogen-bond donors (Lipinski definition) is 1. The molecule has 1 aromatic heterocycles. The molecular weight excluding hydrogens is 302 g/mol. The third-order valence-corrected chi connectivity index (χ3v) is 3.13. The zero-order valence-corrected chi connectivity index (χ0v) is 11.5. The molecule has 0 aliphatic carbocycles. The molecule has 0 aliphatic rings. The molecule has 0 bridgehead atoms. The highest BCUT2D eigenvalue weighted by Gasteiger charge is 2.12. The quantitative estimate of drug-likeness (QED) is 0.912. The average Bonchev–Trinajstić information content (AvgIpc) is 2.28. The number of aryl methyl sites for hydroxylation is 1. The Balaban J connectivity index is 2.36. The summed E-state index contributed by atoms with van der Waals surface area (Å²) in [5, 5.41) is 10.8. The molecule has 1 atom stereocenters. The fraction of sp³-hybridized carbons (Fsp3) is 0.154. The maximum atomic E-state index is 10.2. The van der Waals surface area contributed by atoms with E-state index < -0.39 is 6.10 Å². The van der Waals surface area contributed by atoms with Crippen molar-refractivity contribution in [2.24, 2.45) is 0 Å². The van der Waals surface area contributed by atoms with E-state index in [9.17, 15) is 5.11 Å². The zero-order valence-electron chi connectivity index (χ0n) is 9.19. The maximum Gasteiger partial charge on any atom is 0.106 e. The van der Waals surface area contributed by atoms with E-state index in [0.717, 1.165) is 21.3 Å². The van der Waals surface area contributed by atoms with Crippen molar-refractivity contribution in [2.75, 3.05) is 0 Å². The van der Waals surface area contributed by atoms with Gasteiger partial charge in [0, 0.05) is 26.9 Å². The van der Waals surface area contributed by atoms with Crippen LogP contribution in [0.2, 0.25) is 5.02 Å². The number of aromatic nitrogens is 1. The number of benzene rings is 1. The van der Waals surface area contributed by atoms with Crippen LogP contribution in [0.5, 0.6) is 0 Å². The number of nitrogens with zero attached hydrogens (tertiary/aromatic N) is 1. The van der Waals surface area contributed by atoms with Crippen molar-refractivity contribution in [3.8, 4) is 0 Å². The summed E-state index contributed by atoms with van der Waals surface area (Å²) in [5.74, 6) is 0. The topological polar surface area (TPSA) is 33.1 Å². The fourth-order valence-corrected chi connectivity index (χ4v) is 2.45. The lowest BCUT2D eigenvalue weighted by atomic mass is 10.0. The monoisotopic (exact) mass is 311 g/mol. The van der Waals surface area contributed by atoms with Crippen molar-refractivity contribution >= 4 is 27.5 Å². The summed E-state index contributed by atoms with van der Waals surface area (Å²) in [6, 6.07) is 9.11. The number of aliphatic hydroxyl groups excluding tert-OH is 1. The van der Waals surface area contributed by atoms with Crippen LogP contribution in [0.25, 0.3) is 0 Å². The molecule has 0 radical (unpaired) electrons. The highest BCUT2D eigenvalue weighted by molar-refractivity contribution is 9.10. The second-order valence-corrected chi connectivity index (χ2v) is 5.19. The molecule has 0 saturated carbocycles. The molecule has 2 aromatic rings. The largest absolute Gasteiger partial charge is 0.384 e. The van der Waals surface area contributed by atoms with Crippen molar-refractivity contribution in [1.29, 1.82) is 0 Å². The molecule has 0 saturated heterocycles. The van der Waals surface area contributed by atoms with Gasteiger partial charge in [0.25, 0.3) is 0 Å². The van der Waals surface area contributed by atoms with Gasteiger partial charge in [-0.15, -0.1) is 0 Å². The molecule has 1 heterocycles. The van der Waals surface area contributed by atoms with Gasteiger partial charge < -0.3 is 5.11 Å². The number of halogens is 2. The summed E-state index contributed by atoms with van der Waals surface area (Å²) < 4.78 is 0.846. The van der Waals surface area contributed by atoms with E-state index in [4.69, 9.17) is 11.6 Å². The van der Waals surface area contributed by atoms with Gasteiger partial charge in [-0.1, -0.05) is 33.6 Å². The summed E-state index contributed by atoms with van der Waals surface area (Å²) in [6.45, 7) is 1.91. The highest BCUT2D eigenvalue weighted by Crippen LogP contribution is 2.27. The van der Waals surface area contributed by atoms with Gasteiger partial charge in [-0.25, -0.2) is 0 Å². The Kier molecular flexibility index (Phi) is 3.82. The summed E-state index contributed by atoms with van der Waals surface area (Å²) in [4.78, 5) is 4.17. The average molecular weight is 313 g/mol. The van der Waals surface area contributed by atoms with E-state index in [1.807, 2.05) is 25.1 Å². The lowest BCUT2D eigenvalue weighted by molar-refractivity contribution is 0.220. The SMILES string of the molecule is Cc1ccc(C(O)c2cc(Cl)cc(Br)c2)cn1. The van der Waals surface area contributed by atoms with Gasteiger partial charge in [0.2, 0.25) is 0 Å². The Labute approximate surface area is 113 Å². The van der Waals surface area contributed by atoms with Gasteiger partial charge >= 0.3 is 0 Å². The lowest BCUT2D eigenvalue weighted by Crippen LogP contribution is -2.00. The van der Waals surface area contributed by atoms with Crippen LogP contribution < -0.4 is 0 Å². The van der Waals surface area contributed by atoms with Gasteiger partial charge in [0.05, 0.1) is 0 Å². The number of hydrogen-bond acceptors (Lipinski definition) is 2. The summed E-state index contributed by atoms with van der Waals surface area (Å²) >= 11 is 9.30. The van der Waals surface area contributed by atoms with Gasteiger partial charge in [0.1, 0.15) is 6.10 Å². The zero-order chi connectivity index (χ0) is 12.4. The lowest BCUT2D eigenvalue weighted by Gasteiger charge is -2.12. The van der Waals surface area contributed by atoms with Gasteiger partial charge in [-0.2, -0.15) is 0 Å². The minimum atomic E-state index is -0.710. The second-order valence-electron chi connectivity index (χ2n) is 3.84. The highest BCUT2D eigenvalue weighted by atomic mass is 79.9. The number of pyridine rings is 1.